The molecule has 1 unspecified atom stereocenters. The van der Waals surface area contributed by atoms with Gasteiger partial charge in [0.15, 0.2) is 0 Å². The van der Waals surface area contributed by atoms with E-state index in [1.165, 1.54) is 0 Å². The Hall–Kier alpha value is -1.08. The normalized spacial score (nSPS) is 23.3. The third kappa shape index (κ3) is 1.56. The van der Waals surface area contributed by atoms with Gasteiger partial charge >= 0.3 is 0 Å². The molecule has 0 saturated carbocycles. The predicted octanol–water partition coefficient (Wildman–Crippen LogP) is -0.328. The van der Waals surface area contributed by atoms with Gasteiger partial charge in [0.1, 0.15) is 0 Å². The molecule has 4 heteroatoms. The van der Waals surface area contributed by atoms with E-state index in [1.54, 1.807) is 16.8 Å². The van der Waals surface area contributed by atoms with Crippen molar-refractivity contribution in [2.24, 2.45) is 0 Å². The fraction of sp³-hybridized carbons (Fsp3) is 0.750. The Labute approximate surface area is 72.4 Å². The van der Waals surface area contributed by atoms with Crippen LogP contribution in [0.4, 0.5) is 0 Å². The van der Waals surface area contributed by atoms with Crippen LogP contribution in [0.5, 0.6) is 0 Å². The Morgan fingerprint density at radius 3 is 2.92 bits per heavy atom. The molecule has 1 rings (SSSR count). The van der Waals surface area contributed by atoms with Crippen molar-refractivity contribution in [1.82, 2.24) is 9.80 Å². The van der Waals surface area contributed by atoms with E-state index in [-0.39, 0.29) is 11.9 Å². The van der Waals surface area contributed by atoms with Crippen molar-refractivity contribution in [3.63, 3.8) is 0 Å². The van der Waals surface area contributed by atoms with Gasteiger partial charge in [-0.3, -0.25) is 9.69 Å². The second-order valence-electron chi connectivity index (χ2n) is 3.14. The lowest BCUT2D eigenvalue weighted by Gasteiger charge is -2.19. The van der Waals surface area contributed by atoms with E-state index < -0.39 is 0 Å². The zero-order valence-corrected chi connectivity index (χ0v) is 7.45. The third-order valence-corrected chi connectivity index (χ3v) is 2.25. The number of carbonyl (C=O) groups is 1. The van der Waals surface area contributed by atoms with Crippen LogP contribution in [-0.4, -0.2) is 48.9 Å². The Kier molecular flexibility index (Phi) is 2.66. The molecule has 1 amide bonds. The summed E-state index contributed by atoms with van der Waals surface area (Å²) in [5.41, 5.74) is 0. The highest BCUT2D eigenvalue weighted by Gasteiger charge is 2.31. The molecule has 1 aliphatic rings. The lowest BCUT2D eigenvalue weighted by Crippen LogP contribution is -2.38. The van der Waals surface area contributed by atoms with Gasteiger partial charge in [0.2, 0.25) is 5.91 Å². The summed E-state index contributed by atoms with van der Waals surface area (Å²) in [5.74, 6) is 0.132. The molecular weight excluding hydrogens is 154 g/mol. The van der Waals surface area contributed by atoms with Gasteiger partial charge in [0.25, 0.3) is 0 Å². The molecule has 0 aromatic carbocycles. The topological polar surface area (TPSA) is 47.3 Å². The summed E-state index contributed by atoms with van der Waals surface area (Å²) < 4.78 is 0. The maximum absolute atomic E-state index is 11.4. The van der Waals surface area contributed by atoms with Gasteiger partial charge in [-0.1, -0.05) is 0 Å². The highest BCUT2D eigenvalue weighted by molar-refractivity contribution is 5.83. The zero-order valence-electron chi connectivity index (χ0n) is 7.45. The average Bonchev–Trinajstić information content (AvgIpc) is 2.34. The molecule has 1 fully saturated rings. The fourth-order valence-corrected chi connectivity index (χ4v) is 1.43. The van der Waals surface area contributed by atoms with Crippen LogP contribution in [0.15, 0.2) is 0 Å². The monoisotopic (exact) mass is 167 g/mol. The molecule has 0 radical (unpaired) electrons. The number of likely N-dealkylation sites (N-methyl/N-ethyl adjacent to an activating group) is 2. The minimum atomic E-state index is -0.0744. The molecule has 1 atom stereocenters. The summed E-state index contributed by atoms with van der Waals surface area (Å²) >= 11 is 0. The Morgan fingerprint density at radius 1 is 1.83 bits per heavy atom. The Bertz CT molecular complexity index is 221. The third-order valence-electron chi connectivity index (χ3n) is 2.25. The molecule has 0 aromatic rings. The van der Waals surface area contributed by atoms with Gasteiger partial charge in [-0.15, -0.1) is 0 Å². The lowest BCUT2D eigenvalue weighted by molar-refractivity contribution is -0.130. The first-order valence-electron chi connectivity index (χ1n) is 3.99. The van der Waals surface area contributed by atoms with E-state index in [2.05, 4.69) is 0 Å². The van der Waals surface area contributed by atoms with Crippen LogP contribution in [0.2, 0.25) is 0 Å². The van der Waals surface area contributed by atoms with Crippen molar-refractivity contribution in [3.8, 4) is 6.07 Å². The first-order valence-corrected chi connectivity index (χ1v) is 3.99. The maximum atomic E-state index is 11.4. The van der Waals surface area contributed by atoms with Crippen molar-refractivity contribution in [2.45, 2.75) is 12.5 Å². The highest BCUT2D eigenvalue weighted by atomic mass is 16.2. The fourth-order valence-electron chi connectivity index (χ4n) is 1.43. The van der Waals surface area contributed by atoms with Gasteiger partial charge in [-0.25, -0.2) is 0 Å². The number of likely N-dealkylation sites (tertiary alicyclic amines) is 1. The van der Waals surface area contributed by atoms with Crippen LogP contribution in [-0.2, 0) is 4.79 Å². The largest absolute Gasteiger partial charge is 0.344 e. The van der Waals surface area contributed by atoms with Gasteiger partial charge < -0.3 is 4.90 Å². The lowest BCUT2D eigenvalue weighted by atomic mass is 10.2. The minimum absolute atomic E-state index is 0.0744. The molecule has 0 spiro atoms. The van der Waals surface area contributed by atoms with Gasteiger partial charge in [0.05, 0.1) is 18.7 Å². The van der Waals surface area contributed by atoms with Crippen LogP contribution in [0.3, 0.4) is 0 Å². The first-order chi connectivity index (χ1) is 5.66. The van der Waals surface area contributed by atoms with Crippen molar-refractivity contribution < 1.29 is 4.79 Å². The van der Waals surface area contributed by atoms with E-state index in [4.69, 9.17) is 5.26 Å². The molecule has 0 aliphatic carbocycles. The van der Waals surface area contributed by atoms with Crippen LogP contribution in [0.1, 0.15) is 6.42 Å². The summed E-state index contributed by atoms with van der Waals surface area (Å²) in [6.45, 7) is 1.13. The number of amides is 1. The summed E-state index contributed by atoms with van der Waals surface area (Å²) in [6, 6.07) is 1.96. The second kappa shape index (κ2) is 3.55. The highest BCUT2D eigenvalue weighted by Crippen LogP contribution is 2.13. The van der Waals surface area contributed by atoms with E-state index in [1.807, 2.05) is 13.1 Å². The number of nitriles is 1. The predicted molar refractivity (Wildman–Crippen MR) is 44.3 cm³/mol. The summed E-state index contributed by atoms with van der Waals surface area (Å²) in [7, 11) is 3.60. The van der Waals surface area contributed by atoms with Gasteiger partial charge in [0, 0.05) is 13.6 Å². The number of rotatable bonds is 2. The molecular formula is C8H13N3O. The molecule has 0 aromatic heterocycles. The van der Waals surface area contributed by atoms with Crippen LogP contribution >= 0.6 is 0 Å². The smallest absolute Gasteiger partial charge is 0.239 e. The number of carbonyl (C=O) groups excluding carboxylic acids is 1. The molecule has 12 heavy (non-hydrogen) atoms. The van der Waals surface area contributed by atoms with Crippen molar-refractivity contribution in [3.05, 3.63) is 0 Å². The first kappa shape index (κ1) is 9.01. The Morgan fingerprint density at radius 2 is 2.50 bits per heavy atom. The van der Waals surface area contributed by atoms with E-state index in [0.717, 1.165) is 13.0 Å². The Balaban J connectivity index is 2.54. The van der Waals surface area contributed by atoms with Crippen molar-refractivity contribution >= 4 is 5.91 Å². The van der Waals surface area contributed by atoms with Crippen molar-refractivity contribution in [2.75, 3.05) is 27.2 Å². The minimum Gasteiger partial charge on any atom is -0.344 e. The van der Waals surface area contributed by atoms with Crippen LogP contribution < -0.4 is 0 Å². The molecule has 0 N–H and O–H groups in total. The molecule has 1 heterocycles. The number of hydrogen-bond acceptors (Lipinski definition) is 3. The summed E-state index contributed by atoms with van der Waals surface area (Å²) in [5, 5.41) is 8.43. The van der Waals surface area contributed by atoms with E-state index in [0.29, 0.717) is 6.54 Å². The average molecular weight is 167 g/mol. The summed E-state index contributed by atoms with van der Waals surface area (Å²) in [6.07, 6.45) is 0.841. The molecule has 1 saturated heterocycles. The number of hydrogen-bond donors (Lipinski definition) is 0. The van der Waals surface area contributed by atoms with Crippen LogP contribution in [0, 0.1) is 11.3 Å². The molecule has 4 nitrogen and oxygen atoms in total. The SMILES string of the molecule is CN1CCC(N(C)CC#N)C1=O. The molecule has 0 bridgehead atoms. The zero-order chi connectivity index (χ0) is 9.14. The number of nitrogens with zero attached hydrogens (tertiary/aromatic N) is 3. The maximum Gasteiger partial charge on any atom is 0.239 e. The van der Waals surface area contributed by atoms with E-state index in [9.17, 15) is 4.79 Å². The second-order valence-corrected chi connectivity index (χ2v) is 3.14. The van der Waals surface area contributed by atoms with E-state index >= 15 is 0 Å². The van der Waals surface area contributed by atoms with Crippen molar-refractivity contribution in [1.29, 1.82) is 5.26 Å². The summed E-state index contributed by atoms with van der Waals surface area (Å²) in [4.78, 5) is 14.9. The standard InChI is InChI=1S/C8H13N3O/c1-10(6-4-9)7-3-5-11(2)8(7)12/h7H,3,5-6H2,1-2H3. The van der Waals surface area contributed by atoms with Gasteiger partial charge in [-0.2, -0.15) is 5.26 Å². The van der Waals surface area contributed by atoms with Crippen LogP contribution in [0.25, 0.3) is 0 Å². The van der Waals surface area contributed by atoms with Gasteiger partial charge in [-0.05, 0) is 13.5 Å². The quantitative estimate of drug-likeness (QED) is 0.529. The molecule has 1 aliphatic heterocycles. The molecule has 66 valence electrons.